The molecule has 1 saturated heterocycles. The third-order valence-corrected chi connectivity index (χ3v) is 7.69. The van der Waals surface area contributed by atoms with Gasteiger partial charge in [0.1, 0.15) is 16.7 Å². The van der Waals surface area contributed by atoms with Crippen LogP contribution in [0.25, 0.3) is 0 Å². The number of hydrogen-bond donors (Lipinski definition) is 2. The molecular formula is C21H22ClN3O5S. The van der Waals surface area contributed by atoms with Gasteiger partial charge in [-0.3, -0.25) is 9.59 Å². The largest absolute Gasteiger partial charge is 0.482 e. The number of anilines is 1. The van der Waals surface area contributed by atoms with Crippen molar-refractivity contribution in [2.75, 3.05) is 25.0 Å². The Bertz CT molecular complexity index is 1110. The van der Waals surface area contributed by atoms with E-state index >= 15 is 0 Å². The lowest BCUT2D eigenvalue weighted by molar-refractivity contribution is -0.124. The molecule has 0 saturated carbocycles. The fraction of sp³-hybridized carbons (Fsp3) is 0.333. The summed E-state index contributed by atoms with van der Waals surface area (Å²) in [6.07, 6.45) is 1.67. The summed E-state index contributed by atoms with van der Waals surface area (Å²) < 4.78 is 33.2. The minimum absolute atomic E-state index is 0.0420. The van der Waals surface area contributed by atoms with Crippen LogP contribution in [0.2, 0.25) is 5.02 Å². The molecule has 2 aliphatic heterocycles. The van der Waals surface area contributed by atoms with Gasteiger partial charge in [-0.25, -0.2) is 8.42 Å². The lowest BCUT2D eigenvalue weighted by Gasteiger charge is -2.25. The molecule has 0 aliphatic carbocycles. The van der Waals surface area contributed by atoms with Gasteiger partial charge >= 0.3 is 0 Å². The number of hydrogen-bond acceptors (Lipinski definition) is 5. The fourth-order valence-corrected chi connectivity index (χ4v) is 5.96. The van der Waals surface area contributed by atoms with Crippen LogP contribution >= 0.6 is 11.6 Å². The third kappa shape index (κ3) is 4.53. The zero-order valence-electron chi connectivity index (χ0n) is 16.6. The molecule has 2 N–H and O–H groups in total. The number of benzene rings is 2. The number of rotatable bonds is 6. The molecule has 2 aromatic rings. The standard InChI is InChI=1S/C21H22ClN3O5S/c22-15-11-16-18(30-13-20(26)24-16)12-19(15)31(28,29)25-10-4-7-17(25)21(27)23-9-8-14-5-2-1-3-6-14/h1-3,5-6,11-12,17H,4,7-10,13H2,(H,23,27)(H,24,26)/t17-/m1/s1. The molecule has 1 atom stereocenters. The monoisotopic (exact) mass is 463 g/mol. The van der Waals surface area contributed by atoms with Gasteiger partial charge in [0, 0.05) is 19.2 Å². The maximum atomic E-state index is 13.3. The number of carbonyl (C=O) groups is 2. The highest BCUT2D eigenvalue weighted by molar-refractivity contribution is 7.89. The van der Waals surface area contributed by atoms with E-state index in [0.29, 0.717) is 31.5 Å². The number of sulfonamides is 1. The first-order valence-corrected chi connectivity index (χ1v) is 11.8. The Morgan fingerprint density at radius 3 is 2.81 bits per heavy atom. The van der Waals surface area contributed by atoms with Gasteiger partial charge in [-0.1, -0.05) is 41.9 Å². The molecule has 31 heavy (non-hydrogen) atoms. The van der Waals surface area contributed by atoms with Crippen molar-refractivity contribution in [1.82, 2.24) is 9.62 Å². The average Bonchev–Trinajstić information content (AvgIpc) is 3.25. The summed E-state index contributed by atoms with van der Waals surface area (Å²) in [6, 6.07) is 11.6. The maximum absolute atomic E-state index is 13.3. The first-order chi connectivity index (χ1) is 14.9. The Kier molecular flexibility index (Phi) is 6.17. The van der Waals surface area contributed by atoms with Crippen molar-refractivity contribution < 1.29 is 22.7 Å². The van der Waals surface area contributed by atoms with Gasteiger partial charge in [-0.15, -0.1) is 0 Å². The van der Waals surface area contributed by atoms with Crippen LogP contribution in [0.1, 0.15) is 18.4 Å². The SMILES string of the molecule is O=C1COc2cc(S(=O)(=O)N3CCC[C@@H]3C(=O)NCCc3ccccc3)c(Cl)cc2N1. The second-order valence-electron chi connectivity index (χ2n) is 7.42. The average molecular weight is 464 g/mol. The van der Waals surface area contributed by atoms with Crippen LogP contribution in [0.5, 0.6) is 5.75 Å². The number of carbonyl (C=O) groups excluding carboxylic acids is 2. The molecule has 0 bridgehead atoms. The topological polar surface area (TPSA) is 105 Å². The van der Waals surface area contributed by atoms with E-state index in [4.69, 9.17) is 16.3 Å². The van der Waals surface area contributed by atoms with Crippen molar-refractivity contribution >= 4 is 39.1 Å². The number of fused-ring (bicyclic) bond motifs is 1. The molecule has 1 fully saturated rings. The van der Waals surface area contributed by atoms with E-state index in [0.717, 1.165) is 5.56 Å². The second kappa shape index (κ2) is 8.86. The molecule has 2 aliphatic rings. The van der Waals surface area contributed by atoms with E-state index < -0.39 is 16.1 Å². The highest BCUT2D eigenvalue weighted by Crippen LogP contribution is 2.38. The summed E-state index contributed by atoms with van der Waals surface area (Å²) in [5.74, 6) is -0.439. The zero-order chi connectivity index (χ0) is 22.0. The first-order valence-electron chi connectivity index (χ1n) is 9.96. The van der Waals surface area contributed by atoms with Crippen molar-refractivity contribution in [3.8, 4) is 5.75 Å². The molecule has 0 radical (unpaired) electrons. The van der Waals surface area contributed by atoms with Crippen LogP contribution in [0.15, 0.2) is 47.4 Å². The van der Waals surface area contributed by atoms with Gasteiger partial charge in [0.05, 0.1) is 10.7 Å². The van der Waals surface area contributed by atoms with Gasteiger partial charge in [-0.05, 0) is 30.9 Å². The van der Waals surface area contributed by atoms with Crippen LogP contribution < -0.4 is 15.4 Å². The van der Waals surface area contributed by atoms with E-state index in [1.807, 2.05) is 30.3 Å². The summed E-state index contributed by atoms with van der Waals surface area (Å²) in [7, 11) is -4.04. The number of nitrogens with one attached hydrogen (secondary N) is 2. The Balaban J connectivity index is 1.49. The Morgan fingerprint density at radius 1 is 1.26 bits per heavy atom. The molecular weight excluding hydrogens is 442 g/mol. The van der Waals surface area contributed by atoms with Crippen molar-refractivity contribution in [2.24, 2.45) is 0 Å². The molecule has 2 aromatic carbocycles. The van der Waals surface area contributed by atoms with E-state index in [-0.39, 0.29) is 40.6 Å². The van der Waals surface area contributed by atoms with Gasteiger partial charge in [0.15, 0.2) is 6.61 Å². The molecule has 0 aromatic heterocycles. The van der Waals surface area contributed by atoms with Crippen LogP contribution in [-0.2, 0) is 26.0 Å². The van der Waals surface area contributed by atoms with Crippen molar-refractivity contribution in [1.29, 1.82) is 0 Å². The van der Waals surface area contributed by atoms with E-state index in [1.54, 1.807) is 0 Å². The fourth-order valence-electron chi connectivity index (χ4n) is 3.79. The molecule has 2 heterocycles. The molecule has 10 heteroatoms. The molecule has 4 rings (SSSR count). The van der Waals surface area contributed by atoms with Crippen molar-refractivity contribution in [3.63, 3.8) is 0 Å². The Hall–Kier alpha value is -2.62. The summed E-state index contributed by atoms with van der Waals surface area (Å²) >= 11 is 6.24. The lowest BCUT2D eigenvalue weighted by atomic mass is 10.1. The van der Waals surface area contributed by atoms with E-state index in [1.165, 1.54) is 16.4 Å². The molecule has 0 spiro atoms. The van der Waals surface area contributed by atoms with Crippen LogP contribution in [-0.4, -0.2) is 50.3 Å². The predicted molar refractivity (Wildman–Crippen MR) is 116 cm³/mol. The number of ether oxygens (including phenoxy) is 1. The van der Waals surface area contributed by atoms with Gasteiger partial charge in [0.25, 0.3) is 5.91 Å². The first kappa shape index (κ1) is 21.6. The Morgan fingerprint density at radius 2 is 2.03 bits per heavy atom. The highest BCUT2D eigenvalue weighted by atomic mass is 35.5. The molecule has 8 nitrogen and oxygen atoms in total. The zero-order valence-corrected chi connectivity index (χ0v) is 18.2. The minimum atomic E-state index is -4.04. The lowest BCUT2D eigenvalue weighted by Crippen LogP contribution is -2.46. The molecule has 0 unspecified atom stereocenters. The van der Waals surface area contributed by atoms with Crippen molar-refractivity contribution in [3.05, 3.63) is 53.1 Å². The predicted octanol–water partition coefficient (Wildman–Crippen LogP) is 2.18. The molecule has 164 valence electrons. The third-order valence-electron chi connectivity index (χ3n) is 5.32. The van der Waals surface area contributed by atoms with Gasteiger partial charge in [0.2, 0.25) is 15.9 Å². The molecule has 2 amide bonds. The van der Waals surface area contributed by atoms with Gasteiger partial charge < -0.3 is 15.4 Å². The second-order valence-corrected chi connectivity index (χ2v) is 9.68. The number of halogens is 1. The van der Waals surface area contributed by atoms with Crippen LogP contribution in [0.4, 0.5) is 5.69 Å². The quantitative estimate of drug-likeness (QED) is 0.683. The van der Waals surface area contributed by atoms with Crippen LogP contribution in [0, 0.1) is 0 Å². The number of amides is 2. The summed E-state index contributed by atoms with van der Waals surface area (Å²) in [6.45, 7) is 0.439. The maximum Gasteiger partial charge on any atom is 0.262 e. The normalized spacial score (nSPS) is 18.7. The smallest absolute Gasteiger partial charge is 0.262 e. The number of nitrogens with zero attached hydrogens (tertiary/aromatic N) is 1. The van der Waals surface area contributed by atoms with Crippen LogP contribution in [0.3, 0.4) is 0 Å². The summed E-state index contributed by atoms with van der Waals surface area (Å²) in [4.78, 5) is 24.1. The van der Waals surface area contributed by atoms with Gasteiger partial charge in [-0.2, -0.15) is 4.31 Å². The minimum Gasteiger partial charge on any atom is -0.482 e. The summed E-state index contributed by atoms with van der Waals surface area (Å²) in [5, 5.41) is 5.40. The summed E-state index contributed by atoms with van der Waals surface area (Å²) in [5.41, 5.74) is 1.41. The van der Waals surface area contributed by atoms with Crippen molar-refractivity contribution in [2.45, 2.75) is 30.2 Å². The van der Waals surface area contributed by atoms with E-state index in [2.05, 4.69) is 10.6 Å². The highest BCUT2D eigenvalue weighted by Gasteiger charge is 2.40. The van der Waals surface area contributed by atoms with E-state index in [9.17, 15) is 18.0 Å². The Labute approximate surface area is 185 Å².